The van der Waals surface area contributed by atoms with E-state index in [1.54, 1.807) is 0 Å². The Morgan fingerprint density at radius 1 is 0.757 bits per heavy atom. The fourth-order valence-electron chi connectivity index (χ4n) is 4.70. The molecule has 0 saturated heterocycles. The van der Waals surface area contributed by atoms with Crippen molar-refractivity contribution in [1.82, 2.24) is 15.1 Å². The third-order valence-corrected chi connectivity index (χ3v) is 7.15. The van der Waals surface area contributed by atoms with E-state index in [4.69, 9.17) is 11.6 Å². The molecule has 0 radical (unpaired) electrons. The molecule has 0 bridgehead atoms. The summed E-state index contributed by atoms with van der Waals surface area (Å²) in [4.78, 5) is 12.9. The van der Waals surface area contributed by atoms with Gasteiger partial charge in [-0.15, -0.1) is 0 Å². The summed E-state index contributed by atoms with van der Waals surface area (Å²) >= 11 is 6.08. The van der Waals surface area contributed by atoms with Crippen LogP contribution in [0.5, 0.6) is 0 Å². The average molecular weight is 522 g/mol. The monoisotopic (exact) mass is 521 g/mol. The Morgan fingerprint density at radius 3 is 1.86 bits per heavy atom. The van der Waals surface area contributed by atoms with E-state index < -0.39 is 0 Å². The second-order valence-electron chi connectivity index (χ2n) is 10.0. The topological polar surface area (TPSA) is 46.9 Å². The molecule has 2 aromatic carbocycles. The lowest BCUT2D eigenvalue weighted by Gasteiger charge is -2.07. The van der Waals surface area contributed by atoms with Gasteiger partial charge in [0.15, 0.2) is 5.69 Å². The van der Waals surface area contributed by atoms with Gasteiger partial charge in [0.1, 0.15) is 0 Å². The molecule has 200 valence electrons. The zero-order valence-corrected chi connectivity index (χ0v) is 23.3. The first kappa shape index (κ1) is 29.0. The zero-order valence-electron chi connectivity index (χ0n) is 22.6. The zero-order chi connectivity index (χ0) is 26.1. The fraction of sp³-hybridized carbons (Fsp3) is 0.500. The van der Waals surface area contributed by atoms with Gasteiger partial charge in [-0.05, 0) is 36.8 Å². The first-order valence-corrected chi connectivity index (χ1v) is 14.8. The summed E-state index contributed by atoms with van der Waals surface area (Å²) in [5.41, 5.74) is 3.17. The molecule has 1 heterocycles. The number of carbonyl (C=O) groups excluding carboxylic acids is 1. The molecule has 3 rings (SSSR count). The minimum Gasteiger partial charge on any atom is -0.351 e. The molecular formula is C32H44ClN3O. The van der Waals surface area contributed by atoms with E-state index in [1.165, 1.54) is 77.0 Å². The molecule has 37 heavy (non-hydrogen) atoms. The number of nitrogens with one attached hydrogen (secondary N) is 1. The Hall–Kier alpha value is -2.59. The van der Waals surface area contributed by atoms with Gasteiger partial charge in [-0.3, -0.25) is 4.79 Å². The van der Waals surface area contributed by atoms with Gasteiger partial charge in [0, 0.05) is 17.1 Å². The molecule has 1 amide bonds. The highest BCUT2D eigenvalue weighted by Crippen LogP contribution is 2.25. The van der Waals surface area contributed by atoms with Crippen LogP contribution in [-0.2, 0) is 0 Å². The molecule has 1 N–H and O–H groups in total. The van der Waals surface area contributed by atoms with Crippen molar-refractivity contribution in [2.24, 2.45) is 0 Å². The highest BCUT2D eigenvalue weighted by molar-refractivity contribution is 6.30. The van der Waals surface area contributed by atoms with Crippen molar-refractivity contribution in [3.8, 4) is 16.9 Å². The maximum absolute atomic E-state index is 12.9. The Bertz CT molecular complexity index is 1030. The number of hydrogen-bond acceptors (Lipinski definition) is 2. The fourth-order valence-corrected chi connectivity index (χ4v) is 4.82. The number of hydrogen-bond donors (Lipinski definition) is 1. The summed E-state index contributed by atoms with van der Waals surface area (Å²) in [6.07, 6.45) is 18.6. The third-order valence-electron chi connectivity index (χ3n) is 6.90. The van der Waals surface area contributed by atoms with Crippen LogP contribution in [-0.4, -0.2) is 22.2 Å². The van der Waals surface area contributed by atoms with Crippen molar-refractivity contribution in [1.29, 1.82) is 0 Å². The molecule has 0 saturated carbocycles. The van der Waals surface area contributed by atoms with Gasteiger partial charge in [-0.2, -0.15) is 5.10 Å². The maximum Gasteiger partial charge on any atom is 0.271 e. The second kappa shape index (κ2) is 17.0. The summed E-state index contributed by atoms with van der Waals surface area (Å²) in [6.45, 7) is 2.96. The number of aromatic nitrogens is 2. The number of carbonyl (C=O) groups is 1. The van der Waals surface area contributed by atoms with E-state index in [1.807, 2.05) is 65.3 Å². The Morgan fingerprint density at radius 2 is 1.30 bits per heavy atom. The van der Waals surface area contributed by atoms with Crippen LogP contribution in [0.4, 0.5) is 0 Å². The van der Waals surface area contributed by atoms with Crippen molar-refractivity contribution >= 4 is 17.5 Å². The number of benzene rings is 2. The molecule has 0 fully saturated rings. The Labute approximate surface area is 228 Å². The molecule has 0 spiro atoms. The van der Waals surface area contributed by atoms with E-state index in [0.717, 1.165) is 29.8 Å². The van der Waals surface area contributed by atoms with E-state index in [2.05, 4.69) is 17.3 Å². The maximum atomic E-state index is 12.9. The summed E-state index contributed by atoms with van der Waals surface area (Å²) in [5.74, 6) is -0.125. The van der Waals surface area contributed by atoms with E-state index in [9.17, 15) is 4.79 Å². The van der Waals surface area contributed by atoms with Crippen LogP contribution in [0.3, 0.4) is 0 Å². The molecule has 4 nitrogen and oxygen atoms in total. The number of amides is 1. The molecule has 0 atom stereocenters. The lowest BCUT2D eigenvalue weighted by Crippen LogP contribution is -2.25. The smallest absolute Gasteiger partial charge is 0.271 e. The number of nitrogens with zero attached hydrogens (tertiary/aromatic N) is 2. The van der Waals surface area contributed by atoms with E-state index in [-0.39, 0.29) is 5.91 Å². The normalized spacial score (nSPS) is 11.1. The minimum atomic E-state index is -0.125. The van der Waals surface area contributed by atoms with Crippen molar-refractivity contribution < 1.29 is 4.79 Å². The van der Waals surface area contributed by atoms with Crippen molar-refractivity contribution in [2.45, 2.75) is 96.8 Å². The minimum absolute atomic E-state index is 0.125. The number of para-hydroxylation sites is 1. The van der Waals surface area contributed by atoms with Crippen molar-refractivity contribution in [3.05, 3.63) is 71.4 Å². The third kappa shape index (κ3) is 10.4. The molecule has 0 aliphatic heterocycles. The lowest BCUT2D eigenvalue weighted by atomic mass is 10.0. The second-order valence-corrected chi connectivity index (χ2v) is 10.5. The predicted octanol–water partition coefficient (Wildman–Crippen LogP) is 9.40. The average Bonchev–Trinajstić information content (AvgIpc) is 3.37. The Balaban J connectivity index is 1.35. The largest absolute Gasteiger partial charge is 0.351 e. The van der Waals surface area contributed by atoms with Crippen molar-refractivity contribution in [3.63, 3.8) is 0 Å². The van der Waals surface area contributed by atoms with Gasteiger partial charge in [0.25, 0.3) is 5.91 Å². The highest BCUT2D eigenvalue weighted by atomic mass is 35.5. The van der Waals surface area contributed by atoms with Crippen LogP contribution in [0, 0.1) is 0 Å². The Kier molecular flexibility index (Phi) is 13.3. The summed E-state index contributed by atoms with van der Waals surface area (Å²) in [7, 11) is 0. The molecule has 3 aromatic rings. The van der Waals surface area contributed by atoms with E-state index in [0.29, 0.717) is 17.3 Å². The van der Waals surface area contributed by atoms with Crippen LogP contribution in [0.1, 0.15) is 107 Å². The first-order chi connectivity index (χ1) is 18.2. The molecule has 0 aliphatic carbocycles. The van der Waals surface area contributed by atoms with Crippen molar-refractivity contribution in [2.75, 3.05) is 6.54 Å². The molecule has 1 aromatic heterocycles. The number of halogens is 1. The lowest BCUT2D eigenvalue weighted by molar-refractivity contribution is 0.0947. The summed E-state index contributed by atoms with van der Waals surface area (Å²) < 4.78 is 1.82. The standard InChI is InChI=1S/C32H44ClN3O/c1-2-3-4-5-6-7-8-9-10-11-12-13-14-18-25-34-32(37)30-26-31(27-21-23-28(33)24-22-27)36(35-30)29-19-16-15-17-20-29/h15-17,19-24,26H,2-14,18,25H2,1H3,(H,34,37). The van der Waals surface area contributed by atoms with Gasteiger partial charge >= 0.3 is 0 Å². The van der Waals surface area contributed by atoms with Gasteiger partial charge in [-0.25, -0.2) is 4.68 Å². The predicted molar refractivity (Wildman–Crippen MR) is 157 cm³/mol. The van der Waals surface area contributed by atoms with Crippen LogP contribution >= 0.6 is 11.6 Å². The first-order valence-electron chi connectivity index (χ1n) is 14.4. The van der Waals surface area contributed by atoms with Crippen LogP contribution < -0.4 is 5.32 Å². The van der Waals surface area contributed by atoms with E-state index >= 15 is 0 Å². The van der Waals surface area contributed by atoms with Crippen LogP contribution in [0.25, 0.3) is 16.9 Å². The van der Waals surface area contributed by atoms with Gasteiger partial charge in [0.05, 0.1) is 11.4 Å². The molecule has 5 heteroatoms. The SMILES string of the molecule is CCCCCCCCCCCCCCCCNC(=O)c1cc(-c2ccc(Cl)cc2)n(-c2ccccc2)n1. The number of rotatable bonds is 18. The molecule has 0 aliphatic rings. The van der Waals surface area contributed by atoms with Gasteiger partial charge in [-0.1, -0.05) is 132 Å². The highest BCUT2D eigenvalue weighted by Gasteiger charge is 2.16. The van der Waals surface area contributed by atoms with Gasteiger partial charge < -0.3 is 5.32 Å². The quantitative estimate of drug-likeness (QED) is 0.169. The summed E-state index contributed by atoms with van der Waals surface area (Å²) in [6, 6.07) is 19.4. The molecule has 0 unspecified atom stereocenters. The number of unbranched alkanes of at least 4 members (excludes halogenated alkanes) is 13. The van der Waals surface area contributed by atoms with Gasteiger partial charge in [0.2, 0.25) is 0 Å². The van der Waals surface area contributed by atoms with Crippen LogP contribution in [0.2, 0.25) is 5.02 Å². The summed E-state index contributed by atoms with van der Waals surface area (Å²) in [5, 5.41) is 8.38. The van der Waals surface area contributed by atoms with Crippen LogP contribution in [0.15, 0.2) is 60.7 Å². The molecular weight excluding hydrogens is 478 g/mol.